The topological polar surface area (TPSA) is 90.7 Å². The molecule has 8 heteroatoms. The first-order valence-corrected chi connectivity index (χ1v) is 12.2. The molecule has 0 radical (unpaired) electrons. The molecule has 2 aromatic heterocycles. The third-order valence-corrected chi connectivity index (χ3v) is 6.14. The number of nitrogens with one attached hydrogen (secondary N) is 2. The van der Waals surface area contributed by atoms with Gasteiger partial charge in [-0.1, -0.05) is 12.1 Å². The third-order valence-electron chi connectivity index (χ3n) is 6.14. The molecule has 0 fully saturated rings. The van der Waals surface area contributed by atoms with Crippen LogP contribution >= 0.6 is 0 Å². The number of fused-ring (bicyclic) bond motifs is 2. The molecule has 0 amide bonds. The normalized spacial score (nSPS) is 11.6. The highest BCUT2D eigenvalue weighted by atomic mass is 16.5. The largest absolute Gasteiger partial charge is 0.426 e. The number of esters is 2. The fourth-order valence-electron chi connectivity index (χ4n) is 4.24. The minimum absolute atomic E-state index is 0.0662. The number of hydrogen-bond acceptors (Lipinski definition) is 6. The Hall–Kier alpha value is -3.62. The highest BCUT2D eigenvalue weighted by Crippen LogP contribution is 2.31. The summed E-state index contributed by atoms with van der Waals surface area (Å²) >= 11 is 0. The molecule has 8 nitrogen and oxygen atoms in total. The lowest BCUT2D eigenvalue weighted by Crippen LogP contribution is -2.16. The van der Waals surface area contributed by atoms with Gasteiger partial charge in [-0.3, -0.25) is 9.59 Å². The molecule has 0 spiro atoms. The van der Waals surface area contributed by atoms with Gasteiger partial charge in [0.05, 0.1) is 12.8 Å². The Labute approximate surface area is 211 Å². The van der Waals surface area contributed by atoms with Crippen LogP contribution in [0.1, 0.15) is 24.0 Å². The van der Waals surface area contributed by atoms with Crippen molar-refractivity contribution >= 4 is 33.7 Å². The van der Waals surface area contributed by atoms with Crippen LogP contribution in [0.3, 0.4) is 0 Å². The van der Waals surface area contributed by atoms with Crippen LogP contribution in [0.5, 0.6) is 11.5 Å². The Morgan fingerprint density at radius 3 is 1.50 bits per heavy atom. The number of carbonyl (C=O) groups is 2. The van der Waals surface area contributed by atoms with E-state index in [1.807, 2.05) is 64.8 Å². The van der Waals surface area contributed by atoms with Crippen LogP contribution in [0.4, 0.5) is 0 Å². The lowest BCUT2D eigenvalue weighted by atomic mass is 10.1. The van der Waals surface area contributed by atoms with E-state index in [2.05, 4.69) is 19.8 Å². The summed E-state index contributed by atoms with van der Waals surface area (Å²) in [4.78, 5) is 36.0. The lowest BCUT2D eigenvalue weighted by molar-refractivity contribution is -0.140. The van der Waals surface area contributed by atoms with E-state index in [-0.39, 0.29) is 12.8 Å². The summed E-state index contributed by atoms with van der Waals surface area (Å²) in [5, 5.41) is 1.80. The molecule has 0 unspecified atom stereocenters. The first-order chi connectivity index (χ1) is 17.3. The molecule has 36 heavy (non-hydrogen) atoms. The van der Waals surface area contributed by atoms with Crippen molar-refractivity contribution in [2.45, 2.75) is 25.7 Å². The zero-order valence-corrected chi connectivity index (χ0v) is 21.4. The molecule has 2 N–H and O–H groups in total. The molecule has 4 aromatic rings. The van der Waals surface area contributed by atoms with Crippen molar-refractivity contribution in [3.8, 4) is 11.5 Å². The van der Waals surface area contributed by atoms with Crippen LogP contribution in [0.25, 0.3) is 21.8 Å². The molecule has 2 aromatic carbocycles. The van der Waals surface area contributed by atoms with Gasteiger partial charge in [-0.05, 0) is 76.4 Å². The van der Waals surface area contributed by atoms with E-state index in [1.54, 1.807) is 12.1 Å². The molecule has 0 saturated carbocycles. The second kappa shape index (κ2) is 11.4. The van der Waals surface area contributed by atoms with Crippen molar-refractivity contribution < 1.29 is 19.1 Å². The molecule has 0 aliphatic carbocycles. The molecule has 4 rings (SSSR count). The smallest absolute Gasteiger partial charge is 0.311 e. The van der Waals surface area contributed by atoms with Gasteiger partial charge in [0, 0.05) is 47.3 Å². The average Bonchev–Trinajstić information content (AvgIpc) is 3.45. The molecule has 0 aliphatic heterocycles. The quantitative estimate of drug-likeness (QED) is 0.243. The predicted octanol–water partition coefficient (Wildman–Crippen LogP) is 4.15. The van der Waals surface area contributed by atoms with Crippen molar-refractivity contribution in [3.63, 3.8) is 0 Å². The second-order valence-corrected chi connectivity index (χ2v) is 9.54. The molecule has 0 bridgehead atoms. The summed E-state index contributed by atoms with van der Waals surface area (Å²) in [6, 6.07) is 11.2. The van der Waals surface area contributed by atoms with Gasteiger partial charge in [0.25, 0.3) is 0 Å². The van der Waals surface area contributed by atoms with Crippen LogP contribution < -0.4 is 9.47 Å². The van der Waals surface area contributed by atoms with Gasteiger partial charge >= 0.3 is 11.9 Å². The Morgan fingerprint density at radius 2 is 1.11 bits per heavy atom. The van der Waals surface area contributed by atoms with E-state index in [4.69, 9.17) is 9.47 Å². The second-order valence-electron chi connectivity index (χ2n) is 9.54. The molecule has 0 saturated heterocycles. The summed E-state index contributed by atoms with van der Waals surface area (Å²) in [6.07, 6.45) is 5.44. The first kappa shape index (κ1) is 25.5. The number of hydrogen-bond donors (Lipinski definition) is 2. The summed E-state index contributed by atoms with van der Waals surface area (Å²) in [7, 11) is 8.10. The summed E-state index contributed by atoms with van der Waals surface area (Å²) in [5.74, 6) is 0.0727. The molecule has 0 aliphatic rings. The van der Waals surface area contributed by atoms with Gasteiger partial charge in [0.2, 0.25) is 0 Å². The number of aromatic amines is 2. The van der Waals surface area contributed by atoms with E-state index in [0.29, 0.717) is 11.5 Å². The van der Waals surface area contributed by atoms with Crippen molar-refractivity contribution in [1.29, 1.82) is 0 Å². The highest BCUT2D eigenvalue weighted by Gasteiger charge is 2.17. The minimum Gasteiger partial charge on any atom is -0.426 e. The van der Waals surface area contributed by atoms with E-state index < -0.39 is 11.9 Å². The molecule has 2 heterocycles. The summed E-state index contributed by atoms with van der Waals surface area (Å²) in [6.45, 7) is 1.76. The number of benzene rings is 2. The van der Waals surface area contributed by atoms with Crippen LogP contribution in [0.2, 0.25) is 0 Å². The Morgan fingerprint density at radius 1 is 0.694 bits per heavy atom. The number of rotatable bonds is 11. The van der Waals surface area contributed by atoms with Crippen LogP contribution in [-0.2, 0) is 22.4 Å². The highest BCUT2D eigenvalue weighted by molar-refractivity contribution is 5.93. The van der Waals surface area contributed by atoms with Gasteiger partial charge in [-0.15, -0.1) is 0 Å². The Kier molecular flexibility index (Phi) is 8.07. The molecular formula is C28H34N4O4. The zero-order valence-electron chi connectivity index (χ0n) is 21.4. The zero-order chi connectivity index (χ0) is 25.7. The number of carbonyl (C=O) groups excluding carboxylic acids is 2. The van der Waals surface area contributed by atoms with Gasteiger partial charge in [0.1, 0.15) is 11.5 Å². The number of aromatic nitrogens is 2. The van der Waals surface area contributed by atoms with Crippen LogP contribution in [0.15, 0.2) is 48.8 Å². The van der Waals surface area contributed by atoms with E-state index in [0.717, 1.165) is 58.9 Å². The standard InChI is InChI=1S/C28H34N4O4/c1-31(2)15-13-19-17-29-21-7-5-9-23(27(19)21)35-25(33)11-12-26(34)36-24-10-6-8-22-28(24)20(18-30-22)14-16-32(3)4/h5-10,17-18,29-30H,11-16H2,1-4H3. The van der Waals surface area contributed by atoms with E-state index >= 15 is 0 Å². The van der Waals surface area contributed by atoms with E-state index in [1.165, 1.54) is 0 Å². The molecular weight excluding hydrogens is 456 g/mol. The Balaban J connectivity index is 1.39. The van der Waals surface area contributed by atoms with Crippen molar-refractivity contribution in [1.82, 2.24) is 19.8 Å². The predicted molar refractivity (Wildman–Crippen MR) is 142 cm³/mol. The van der Waals surface area contributed by atoms with Crippen LogP contribution in [-0.4, -0.2) is 73.0 Å². The maximum Gasteiger partial charge on any atom is 0.311 e. The lowest BCUT2D eigenvalue weighted by Gasteiger charge is -2.11. The number of ether oxygens (including phenoxy) is 2. The summed E-state index contributed by atoms with van der Waals surface area (Å²) in [5.41, 5.74) is 4.01. The van der Waals surface area contributed by atoms with Crippen molar-refractivity contribution in [3.05, 3.63) is 59.9 Å². The SMILES string of the molecule is CN(C)CCc1c[nH]c2cccc(OC(=O)CCC(=O)Oc3cccc4[nH]cc(CCN(C)C)c34)c12. The first-order valence-electron chi connectivity index (χ1n) is 12.2. The Bertz CT molecular complexity index is 1250. The van der Waals surface area contributed by atoms with Crippen LogP contribution in [0, 0.1) is 0 Å². The van der Waals surface area contributed by atoms with Gasteiger partial charge in [-0.25, -0.2) is 0 Å². The molecule has 190 valence electrons. The van der Waals surface area contributed by atoms with Crippen molar-refractivity contribution in [2.75, 3.05) is 41.3 Å². The van der Waals surface area contributed by atoms with E-state index in [9.17, 15) is 9.59 Å². The average molecular weight is 491 g/mol. The fourth-order valence-corrected chi connectivity index (χ4v) is 4.24. The maximum absolute atomic E-state index is 12.6. The van der Waals surface area contributed by atoms with Gasteiger partial charge in [-0.2, -0.15) is 0 Å². The number of H-pyrrole nitrogens is 2. The summed E-state index contributed by atoms with van der Waals surface area (Å²) < 4.78 is 11.4. The number of likely N-dealkylation sites (N-methyl/N-ethyl adjacent to an activating group) is 2. The maximum atomic E-state index is 12.6. The minimum atomic E-state index is -0.467. The fraction of sp³-hybridized carbons (Fsp3) is 0.357. The number of nitrogens with zero attached hydrogens (tertiary/aromatic N) is 2. The van der Waals surface area contributed by atoms with Gasteiger partial charge in [0.15, 0.2) is 0 Å². The third kappa shape index (κ3) is 6.13. The monoisotopic (exact) mass is 490 g/mol. The van der Waals surface area contributed by atoms with Crippen molar-refractivity contribution in [2.24, 2.45) is 0 Å². The molecule has 0 atom stereocenters. The van der Waals surface area contributed by atoms with Gasteiger partial charge < -0.3 is 29.2 Å².